The molecule has 126 valence electrons. The predicted octanol–water partition coefficient (Wildman–Crippen LogP) is 4.62. The molecule has 0 saturated carbocycles. The van der Waals surface area contributed by atoms with E-state index in [0.29, 0.717) is 10.8 Å². The molecule has 4 nitrogen and oxygen atoms in total. The van der Waals surface area contributed by atoms with Gasteiger partial charge < -0.3 is 4.74 Å². The SMILES string of the molecule is C=NN(C(C)=O)c1cccc(F)c1COc1cc(C)c(S)cc1Cl. The van der Waals surface area contributed by atoms with Gasteiger partial charge in [0.1, 0.15) is 18.2 Å². The van der Waals surface area contributed by atoms with Gasteiger partial charge in [-0.2, -0.15) is 5.10 Å². The second kappa shape index (κ2) is 7.68. The Bertz CT molecular complexity index is 798. The number of anilines is 1. The summed E-state index contributed by atoms with van der Waals surface area (Å²) in [6.07, 6.45) is 0. The summed E-state index contributed by atoms with van der Waals surface area (Å²) in [6, 6.07) is 7.72. The third kappa shape index (κ3) is 3.88. The standard InChI is InChI=1S/C17H16ClFN2O2S/c1-10-7-16(13(18)8-17(10)24)23-9-12-14(19)5-4-6-15(12)21(20-3)11(2)22/h4-8,24H,3,9H2,1-2H3. The van der Waals surface area contributed by atoms with E-state index in [1.807, 2.05) is 6.92 Å². The lowest BCUT2D eigenvalue weighted by atomic mass is 10.1. The molecule has 0 aromatic heterocycles. The van der Waals surface area contributed by atoms with E-state index < -0.39 is 5.82 Å². The summed E-state index contributed by atoms with van der Waals surface area (Å²) < 4.78 is 19.9. The van der Waals surface area contributed by atoms with Crippen molar-refractivity contribution in [3.8, 4) is 5.75 Å². The van der Waals surface area contributed by atoms with Crippen molar-refractivity contribution in [1.82, 2.24) is 0 Å². The summed E-state index contributed by atoms with van der Waals surface area (Å²) in [5.74, 6) is -0.492. The lowest BCUT2D eigenvalue weighted by Crippen LogP contribution is -2.23. The zero-order valence-electron chi connectivity index (χ0n) is 13.2. The molecule has 1 amide bonds. The average molecular weight is 367 g/mol. The maximum atomic E-state index is 14.2. The molecule has 2 aromatic rings. The van der Waals surface area contributed by atoms with Crippen LogP contribution in [0.3, 0.4) is 0 Å². The normalized spacial score (nSPS) is 10.4. The number of halogens is 2. The monoisotopic (exact) mass is 366 g/mol. The second-order valence-electron chi connectivity index (χ2n) is 5.07. The molecule has 0 unspecified atom stereocenters. The number of hydrogen-bond donors (Lipinski definition) is 1. The summed E-state index contributed by atoms with van der Waals surface area (Å²) in [5, 5.41) is 5.02. The fourth-order valence-electron chi connectivity index (χ4n) is 2.14. The quantitative estimate of drug-likeness (QED) is 0.476. The highest BCUT2D eigenvalue weighted by Gasteiger charge is 2.18. The van der Waals surface area contributed by atoms with Crippen molar-refractivity contribution in [2.75, 3.05) is 5.01 Å². The highest BCUT2D eigenvalue weighted by Crippen LogP contribution is 2.32. The van der Waals surface area contributed by atoms with E-state index in [4.69, 9.17) is 16.3 Å². The second-order valence-corrected chi connectivity index (χ2v) is 5.96. The fourth-order valence-corrected chi connectivity index (χ4v) is 2.63. The molecule has 24 heavy (non-hydrogen) atoms. The first kappa shape index (κ1) is 18.3. The molecule has 0 atom stereocenters. The van der Waals surface area contributed by atoms with Crippen molar-refractivity contribution in [2.45, 2.75) is 25.3 Å². The Morgan fingerprint density at radius 1 is 1.46 bits per heavy atom. The van der Waals surface area contributed by atoms with Gasteiger partial charge in [-0.3, -0.25) is 4.79 Å². The van der Waals surface area contributed by atoms with Crippen LogP contribution in [-0.2, 0) is 11.4 Å². The number of benzene rings is 2. The molecule has 0 N–H and O–H groups in total. The van der Waals surface area contributed by atoms with Gasteiger partial charge in [-0.25, -0.2) is 9.40 Å². The van der Waals surface area contributed by atoms with E-state index in [9.17, 15) is 9.18 Å². The molecule has 0 saturated heterocycles. The summed E-state index contributed by atoms with van der Waals surface area (Å²) in [5.41, 5.74) is 1.34. The number of aryl methyl sites for hydroxylation is 1. The van der Waals surface area contributed by atoms with E-state index >= 15 is 0 Å². The van der Waals surface area contributed by atoms with Gasteiger partial charge in [0.25, 0.3) is 0 Å². The van der Waals surface area contributed by atoms with Gasteiger partial charge in [0.05, 0.1) is 16.3 Å². The Labute approximate surface area is 150 Å². The van der Waals surface area contributed by atoms with Crippen LogP contribution >= 0.6 is 24.2 Å². The van der Waals surface area contributed by atoms with Crippen molar-refractivity contribution in [2.24, 2.45) is 5.10 Å². The van der Waals surface area contributed by atoms with Crippen LogP contribution in [-0.4, -0.2) is 12.6 Å². The van der Waals surface area contributed by atoms with Crippen LogP contribution in [0.25, 0.3) is 0 Å². The molecular formula is C17H16ClFN2O2S. The molecule has 0 aliphatic carbocycles. The number of hydrogen-bond acceptors (Lipinski definition) is 4. The first-order chi connectivity index (χ1) is 11.3. The van der Waals surface area contributed by atoms with Crippen molar-refractivity contribution < 1.29 is 13.9 Å². The van der Waals surface area contributed by atoms with E-state index in [0.717, 1.165) is 15.5 Å². The van der Waals surface area contributed by atoms with Gasteiger partial charge in [-0.05, 0) is 36.8 Å². The van der Waals surface area contributed by atoms with E-state index in [2.05, 4.69) is 24.4 Å². The van der Waals surface area contributed by atoms with Crippen LogP contribution in [0.15, 0.2) is 40.3 Å². The van der Waals surface area contributed by atoms with Crippen LogP contribution in [0.4, 0.5) is 10.1 Å². The summed E-state index contributed by atoms with van der Waals surface area (Å²) in [4.78, 5) is 12.4. The minimum absolute atomic E-state index is 0.119. The summed E-state index contributed by atoms with van der Waals surface area (Å²) >= 11 is 10.4. The Kier molecular flexibility index (Phi) is 5.85. The number of carbonyl (C=O) groups is 1. The van der Waals surface area contributed by atoms with E-state index in [1.54, 1.807) is 18.2 Å². The van der Waals surface area contributed by atoms with Crippen LogP contribution < -0.4 is 9.75 Å². The van der Waals surface area contributed by atoms with E-state index in [1.165, 1.54) is 19.1 Å². The third-order valence-electron chi connectivity index (χ3n) is 3.38. The number of rotatable bonds is 5. The topological polar surface area (TPSA) is 41.9 Å². The lowest BCUT2D eigenvalue weighted by molar-refractivity contribution is -0.116. The molecule has 0 radical (unpaired) electrons. The Balaban J connectivity index is 2.35. The third-order valence-corrected chi connectivity index (χ3v) is 4.16. The van der Waals surface area contributed by atoms with Gasteiger partial charge in [-0.15, -0.1) is 12.6 Å². The molecule has 2 aromatic carbocycles. The summed E-state index contributed by atoms with van der Waals surface area (Å²) in [6.45, 7) is 6.40. The molecular weight excluding hydrogens is 351 g/mol. The van der Waals surface area contributed by atoms with Crippen molar-refractivity contribution in [3.63, 3.8) is 0 Å². The van der Waals surface area contributed by atoms with Gasteiger partial charge >= 0.3 is 0 Å². The maximum absolute atomic E-state index is 14.2. The minimum Gasteiger partial charge on any atom is -0.487 e. The fraction of sp³-hybridized carbons (Fsp3) is 0.176. The Morgan fingerprint density at radius 2 is 2.17 bits per heavy atom. The lowest BCUT2D eigenvalue weighted by Gasteiger charge is -2.19. The number of thiol groups is 1. The average Bonchev–Trinajstić information content (AvgIpc) is 2.51. The predicted molar refractivity (Wildman–Crippen MR) is 96.9 cm³/mol. The molecule has 0 bridgehead atoms. The number of nitrogens with zero attached hydrogens (tertiary/aromatic N) is 2. The molecule has 0 heterocycles. The highest BCUT2D eigenvalue weighted by molar-refractivity contribution is 7.80. The van der Waals surface area contributed by atoms with Gasteiger partial charge in [0.15, 0.2) is 0 Å². The van der Waals surface area contributed by atoms with Gasteiger partial charge in [0.2, 0.25) is 5.91 Å². The van der Waals surface area contributed by atoms with Crippen LogP contribution in [0, 0.1) is 12.7 Å². The van der Waals surface area contributed by atoms with Crippen molar-refractivity contribution in [3.05, 3.63) is 52.3 Å². The number of ether oxygens (including phenoxy) is 1. The smallest absolute Gasteiger partial charge is 0.244 e. The van der Waals surface area contributed by atoms with E-state index in [-0.39, 0.29) is 23.8 Å². The molecule has 0 aliphatic heterocycles. The Hall–Kier alpha value is -2.05. The largest absolute Gasteiger partial charge is 0.487 e. The maximum Gasteiger partial charge on any atom is 0.244 e. The minimum atomic E-state index is -0.513. The molecule has 2 rings (SSSR count). The molecule has 7 heteroatoms. The van der Waals surface area contributed by atoms with Gasteiger partial charge in [0, 0.05) is 18.5 Å². The molecule has 0 aliphatic rings. The molecule has 0 fully saturated rings. The first-order valence-electron chi connectivity index (χ1n) is 7.01. The van der Waals surface area contributed by atoms with Crippen LogP contribution in [0.1, 0.15) is 18.1 Å². The van der Waals surface area contributed by atoms with Crippen LogP contribution in [0.2, 0.25) is 5.02 Å². The number of carbonyl (C=O) groups excluding carboxylic acids is 1. The van der Waals surface area contributed by atoms with Crippen molar-refractivity contribution >= 4 is 42.5 Å². The number of amides is 1. The zero-order chi connectivity index (χ0) is 17.9. The Morgan fingerprint density at radius 3 is 2.79 bits per heavy atom. The highest BCUT2D eigenvalue weighted by atomic mass is 35.5. The number of hydrazone groups is 1. The zero-order valence-corrected chi connectivity index (χ0v) is 14.9. The van der Waals surface area contributed by atoms with Crippen molar-refractivity contribution in [1.29, 1.82) is 0 Å². The molecule has 0 spiro atoms. The van der Waals surface area contributed by atoms with Gasteiger partial charge in [-0.1, -0.05) is 17.7 Å². The first-order valence-corrected chi connectivity index (χ1v) is 7.84. The summed E-state index contributed by atoms with van der Waals surface area (Å²) in [7, 11) is 0. The van der Waals surface area contributed by atoms with Crippen LogP contribution in [0.5, 0.6) is 5.75 Å².